The third kappa shape index (κ3) is 5.74. The highest BCUT2D eigenvalue weighted by molar-refractivity contribution is 8.00. The first-order valence-corrected chi connectivity index (χ1v) is 9.60. The third-order valence-electron chi connectivity index (χ3n) is 4.66. The van der Waals surface area contributed by atoms with E-state index in [0.717, 1.165) is 42.7 Å². The van der Waals surface area contributed by atoms with E-state index in [1.165, 1.54) is 32.5 Å². The maximum Gasteiger partial charge on any atom is 0.0472 e. The van der Waals surface area contributed by atoms with Gasteiger partial charge in [0.2, 0.25) is 0 Å². The Morgan fingerprint density at radius 1 is 1.19 bits per heavy atom. The summed E-state index contributed by atoms with van der Waals surface area (Å²) in [7, 11) is 0. The summed E-state index contributed by atoms with van der Waals surface area (Å²) in [5.41, 5.74) is 0.425. The summed E-state index contributed by atoms with van der Waals surface area (Å²) < 4.78 is 5.63. The van der Waals surface area contributed by atoms with Crippen molar-refractivity contribution >= 4 is 11.8 Å². The van der Waals surface area contributed by atoms with Gasteiger partial charge in [-0.05, 0) is 30.7 Å². The van der Waals surface area contributed by atoms with E-state index in [1.54, 1.807) is 0 Å². The van der Waals surface area contributed by atoms with E-state index in [1.807, 2.05) is 0 Å². The molecule has 0 aromatic rings. The summed E-state index contributed by atoms with van der Waals surface area (Å²) in [5, 5.41) is 5.26. The summed E-state index contributed by atoms with van der Waals surface area (Å²) in [4.78, 5) is 2.72. The van der Waals surface area contributed by atoms with Crippen LogP contribution in [0.25, 0.3) is 0 Å². The van der Waals surface area contributed by atoms with Gasteiger partial charge in [0, 0.05) is 49.9 Å². The smallest absolute Gasteiger partial charge is 0.0472 e. The van der Waals surface area contributed by atoms with Crippen LogP contribution in [0, 0.1) is 11.3 Å². The predicted molar refractivity (Wildman–Crippen MR) is 93.1 cm³/mol. The minimum Gasteiger partial charge on any atom is -0.381 e. The molecule has 0 spiro atoms. The van der Waals surface area contributed by atoms with E-state index in [0.29, 0.717) is 5.41 Å². The van der Waals surface area contributed by atoms with Crippen LogP contribution in [0.15, 0.2) is 0 Å². The molecule has 2 fully saturated rings. The van der Waals surface area contributed by atoms with Crippen LogP contribution in [0.3, 0.4) is 0 Å². The fourth-order valence-electron chi connectivity index (χ4n) is 3.71. The van der Waals surface area contributed by atoms with Gasteiger partial charge in [0.15, 0.2) is 0 Å². The lowest BCUT2D eigenvalue weighted by molar-refractivity contribution is -0.00479. The summed E-state index contributed by atoms with van der Waals surface area (Å²) in [6.45, 7) is 17.2. The molecule has 4 heteroatoms. The molecule has 0 amide bonds. The lowest BCUT2D eigenvalue weighted by Gasteiger charge is -2.44. The van der Waals surface area contributed by atoms with Crippen LogP contribution in [-0.2, 0) is 4.74 Å². The monoisotopic (exact) mass is 314 g/mol. The first-order chi connectivity index (χ1) is 9.99. The van der Waals surface area contributed by atoms with E-state index in [-0.39, 0.29) is 0 Å². The van der Waals surface area contributed by atoms with Crippen molar-refractivity contribution < 1.29 is 4.74 Å². The Hall–Kier alpha value is 0.230. The largest absolute Gasteiger partial charge is 0.381 e. The molecule has 0 aliphatic carbocycles. The lowest BCUT2D eigenvalue weighted by atomic mass is 9.79. The number of hydrogen-bond acceptors (Lipinski definition) is 4. The van der Waals surface area contributed by atoms with Gasteiger partial charge < -0.3 is 15.0 Å². The second-order valence-electron chi connectivity index (χ2n) is 7.59. The molecule has 2 rings (SSSR count). The van der Waals surface area contributed by atoms with Crippen molar-refractivity contribution in [3.05, 3.63) is 0 Å². The highest BCUT2D eigenvalue weighted by Crippen LogP contribution is 2.33. The first kappa shape index (κ1) is 17.6. The van der Waals surface area contributed by atoms with Crippen LogP contribution in [0.5, 0.6) is 0 Å². The molecule has 0 aromatic carbocycles. The lowest BCUT2D eigenvalue weighted by Crippen LogP contribution is -2.51. The molecule has 2 atom stereocenters. The molecule has 2 aliphatic heterocycles. The van der Waals surface area contributed by atoms with E-state index >= 15 is 0 Å². The van der Waals surface area contributed by atoms with Gasteiger partial charge in [-0.25, -0.2) is 0 Å². The van der Waals surface area contributed by atoms with Crippen molar-refractivity contribution in [2.75, 3.05) is 45.9 Å². The van der Waals surface area contributed by atoms with Gasteiger partial charge in [0.25, 0.3) is 0 Å². The maximum atomic E-state index is 5.63. The SMILES string of the molecule is CC(C)CNCC1(CN2CC(C)SC(C)C2)CCOCC1. The summed E-state index contributed by atoms with van der Waals surface area (Å²) >= 11 is 2.15. The summed E-state index contributed by atoms with van der Waals surface area (Å²) in [6, 6.07) is 0. The Bertz CT molecular complexity index is 295. The standard InChI is InChI=1S/C17H34N2OS/c1-14(2)9-18-12-17(5-7-20-8-6-17)13-19-10-15(3)21-16(4)11-19/h14-16,18H,5-13H2,1-4H3. The zero-order valence-corrected chi connectivity index (χ0v) is 15.2. The average Bonchev–Trinajstić information content (AvgIpc) is 2.37. The minimum atomic E-state index is 0.425. The molecule has 21 heavy (non-hydrogen) atoms. The second kappa shape index (κ2) is 8.19. The fourth-order valence-corrected chi connectivity index (χ4v) is 5.10. The predicted octanol–water partition coefficient (Wildman–Crippen LogP) is 2.85. The van der Waals surface area contributed by atoms with Gasteiger partial charge in [-0.2, -0.15) is 11.8 Å². The van der Waals surface area contributed by atoms with Crippen LogP contribution < -0.4 is 5.32 Å². The van der Waals surface area contributed by atoms with E-state index in [2.05, 4.69) is 49.7 Å². The number of thioether (sulfide) groups is 1. The number of nitrogens with one attached hydrogen (secondary N) is 1. The van der Waals surface area contributed by atoms with Gasteiger partial charge >= 0.3 is 0 Å². The fraction of sp³-hybridized carbons (Fsp3) is 1.00. The molecule has 124 valence electrons. The van der Waals surface area contributed by atoms with Crippen molar-refractivity contribution in [3.8, 4) is 0 Å². The van der Waals surface area contributed by atoms with Crippen LogP contribution in [0.4, 0.5) is 0 Å². The van der Waals surface area contributed by atoms with Crippen molar-refractivity contribution in [2.45, 2.75) is 51.0 Å². The number of ether oxygens (including phenoxy) is 1. The summed E-state index contributed by atoms with van der Waals surface area (Å²) in [5.74, 6) is 0.730. The second-order valence-corrected chi connectivity index (χ2v) is 9.47. The molecule has 0 bridgehead atoms. The van der Waals surface area contributed by atoms with Gasteiger partial charge in [-0.1, -0.05) is 27.7 Å². The number of hydrogen-bond donors (Lipinski definition) is 1. The van der Waals surface area contributed by atoms with Crippen LogP contribution in [-0.4, -0.2) is 61.3 Å². The molecule has 2 aliphatic rings. The Balaban J connectivity index is 1.91. The molecule has 3 nitrogen and oxygen atoms in total. The molecular formula is C17H34N2OS. The quantitative estimate of drug-likeness (QED) is 0.815. The molecule has 2 unspecified atom stereocenters. The van der Waals surface area contributed by atoms with Crippen molar-refractivity contribution in [1.82, 2.24) is 10.2 Å². The Labute approximate surface area is 135 Å². The first-order valence-electron chi connectivity index (χ1n) is 8.65. The highest BCUT2D eigenvalue weighted by Gasteiger charge is 2.36. The normalized spacial score (nSPS) is 30.7. The zero-order valence-electron chi connectivity index (χ0n) is 14.4. The Morgan fingerprint density at radius 2 is 1.81 bits per heavy atom. The van der Waals surface area contributed by atoms with Gasteiger partial charge in [0.1, 0.15) is 0 Å². The van der Waals surface area contributed by atoms with Gasteiger partial charge in [0.05, 0.1) is 0 Å². The van der Waals surface area contributed by atoms with E-state index in [9.17, 15) is 0 Å². The van der Waals surface area contributed by atoms with Crippen LogP contribution in [0.1, 0.15) is 40.5 Å². The molecular weight excluding hydrogens is 280 g/mol. The van der Waals surface area contributed by atoms with E-state index in [4.69, 9.17) is 4.74 Å². The third-order valence-corrected chi connectivity index (χ3v) is 5.89. The Morgan fingerprint density at radius 3 is 2.38 bits per heavy atom. The average molecular weight is 315 g/mol. The molecule has 0 aromatic heterocycles. The van der Waals surface area contributed by atoms with Crippen LogP contribution >= 0.6 is 11.8 Å². The minimum absolute atomic E-state index is 0.425. The molecule has 0 radical (unpaired) electrons. The molecule has 2 saturated heterocycles. The number of nitrogens with zero attached hydrogens (tertiary/aromatic N) is 1. The van der Waals surface area contributed by atoms with Crippen LogP contribution in [0.2, 0.25) is 0 Å². The molecule has 2 heterocycles. The number of rotatable bonds is 6. The topological polar surface area (TPSA) is 24.5 Å². The zero-order chi connectivity index (χ0) is 15.3. The van der Waals surface area contributed by atoms with Crippen molar-refractivity contribution in [1.29, 1.82) is 0 Å². The highest BCUT2D eigenvalue weighted by atomic mass is 32.2. The maximum absolute atomic E-state index is 5.63. The van der Waals surface area contributed by atoms with Crippen molar-refractivity contribution in [3.63, 3.8) is 0 Å². The van der Waals surface area contributed by atoms with Gasteiger partial charge in [-0.15, -0.1) is 0 Å². The molecule has 0 saturated carbocycles. The molecule has 1 N–H and O–H groups in total. The van der Waals surface area contributed by atoms with E-state index < -0.39 is 0 Å². The van der Waals surface area contributed by atoms with Gasteiger partial charge in [-0.3, -0.25) is 0 Å². The summed E-state index contributed by atoms with van der Waals surface area (Å²) in [6.07, 6.45) is 2.43. The Kier molecular flexibility index (Phi) is 6.85. The van der Waals surface area contributed by atoms with Crippen molar-refractivity contribution in [2.24, 2.45) is 11.3 Å².